The predicted octanol–water partition coefficient (Wildman–Crippen LogP) is 1.29. The molecule has 22 heavy (non-hydrogen) atoms. The van der Waals surface area contributed by atoms with Crippen LogP contribution in [-0.2, 0) is 4.74 Å². The van der Waals surface area contributed by atoms with E-state index in [1.165, 1.54) is 0 Å². The molecule has 1 fully saturated rings. The van der Waals surface area contributed by atoms with E-state index in [0.717, 1.165) is 11.8 Å². The Kier molecular flexibility index (Phi) is 4.50. The highest BCUT2D eigenvalue weighted by molar-refractivity contribution is 5.79. The summed E-state index contributed by atoms with van der Waals surface area (Å²) >= 11 is 0. The minimum Gasteiger partial charge on any atom is -0.378 e. The molecular formula is C14H15FN6O. The Labute approximate surface area is 126 Å². The van der Waals surface area contributed by atoms with Crippen molar-refractivity contribution in [1.29, 1.82) is 0 Å². The van der Waals surface area contributed by atoms with Gasteiger partial charge in [-0.3, -0.25) is 4.98 Å². The lowest BCUT2D eigenvalue weighted by Gasteiger charge is -2.27. The van der Waals surface area contributed by atoms with Crippen LogP contribution in [-0.4, -0.2) is 47.5 Å². The van der Waals surface area contributed by atoms with Crippen LogP contribution in [0.1, 0.15) is 5.56 Å². The first kappa shape index (κ1) is 14.3. The van der Waals surface area contributed by atoms with Gasteiger partial charge in [0.25, 0.3) is 0 Å². The smallest absolute Gasteiger partial charge is 0.245 e. The number of rotatable bonds is 4. The van der Waals surface area contributed by atoms with Gasteiger partial charge in [0.15, 0.2) is 11.6 Å². The minimum atomic E-state index is -0.455. The van der Waals surface area contributed by atoms with Gasteiger partial charge in [0.05, 0.1) is 25.6 Å². The van der Waals surface area contributed by atoms with E-state index in [0.29, 0.717) is 26.3 Å². The Morgan fingerprint density at radius 3 is 2.95 bits per heavy atom. The van der Waals surface area contributed by atoms with Crippen molar-refractivity contribution < 1.29 is 9.13 Å². The fraction of sp³-hybridized carbons (Fsp3) is 0.286. The molecule has 3 heterocycles. The average Bonchev–Trinajstić information content (AvgIpc) is 2.58. The summed E-state index contributed by atoms with van der Waals surface area (Å²) in [5.41, 5.74) is 3.53. The summed E-state index contributed by atoms with van der Waals surface area (Å²) in [5.74, 6) is 0.0455. The number of ether oxygens (including phenoxy) is 1. The molecule has 7 nitrogen and oxygen atoms in total. The largest absolute Gasteiger partial charge is 0.378 e. The molecule has 0 saturated carbocycles. The molecule has 1 aliphatic rings. The van der Waals surface area contributed by atoms with E-state index in [-0.39, 0.29) is 11.8 Å². The summed E-state index contributed by atoms with van der Waals surface area (Å²) in [6, 6.07) is 3.68. The molecule has 0 atom stereocenters. The Morgan fingerprint density at radius 1 is 1.32 bits per heavy atom. The molecule has 2 aromatic rings. The highest BCUT2D eigenvalue weighted by Crippen LogP contribution is 2.18. The molecule has 0 unspecified atom stereocenters. The second kappa shape index (κ2) is 6.90. The number of hydrogen-bond acceptors (Lipinski definition) is 7. The second-order valence-electron chi connectivity index (χ2n) is 4.62. The van der Waals surface area contributed by atoms with Crippen LogP contribution in [0.4, 0.5) is 16.2 Å². The van der Waals surface area contributed by atoms with Crippen molar-refractivity contribution in [3.63, 3.8) is 0 Å². The van der Waals surface area contributed by atoms with E-state index >= 15 is 0 Å². The van der Waals surface area contributed by atoms with Gasteiger partial charge >= 0.3 is 0 Å². The summed E-state index contributed by atoms with van der Waals surface area (Å²) in [4.78, 5) is 13.9. The van der Waals surface area contributed by atoms with Crippen LogP contribution in [0.15, 0.2) is 35.8 Å². The molecule has 114 valence electrons. The van der Waals surface area contributed by atoms with Crippen LogP contribution in [0.3, 0.4) is 0 Å². The van der Waals surface area contributed by atoms with Gasteiger partial charge in [-0.2, -0.15) is 10.1 Å². The van der Waals surface area contributed by atoms with Gasteiger partial charge < -0.3 is 9.64 Å². The van der Waals surface area contributed by atoms with E-state index in [2.05, 4.69) is 25.5 Å². The monoisotopic (exact) mass is 302 g/mol. The topological polar surface area (TPSA) is 75.5 Å². The molecule has 3 rings (SSSR count). The first-order valence-electron chi connectivity index (χ1n) is 6.87. The number of aromatic nitrogens is 3. The summed E-state index contributed by atoms with van der Waals surface area (Å²) in [6.45, 7) is 2.33. The van der Waals surface area contributed by atoms with Crippen LogP contribution < -0.4 is 10.3 Å². The van der Waals surface area contributed by atoms with Gasteiger partial charge in [0, 0.05) is 31.0 Å². The van der Waals surface area contributed by atoms with E-state index in [9.17, 15) is 4.39 Å². The van der Waals surface area contributed by atoms with Gasteiger partial charge in [-0.15, -0.1) is 0 Å². The molecule has 0 bridgehead atoms. The minimum absolute atomic E-state index is 0.239. The third-order valence-electron chi connectivity index (χ3n) is 3.10. The second-order valence-corrected chi connectivity index (χ2v) is 4.62. The molecule has 0 aromatic carbocycles. The summed E-state index contributed by atoms with van der Waals surface area (Å²) in [6.07, 6.45) is 6.09. The Bertz CT molecular complexity index is 645. The number of halogens is 1. The van der Waals surface area contributed by atoms with E-state index in [1.54, 1.807) is 18.6 Å². The predicted molar refractivity (Wildman–Crippen MR) is 80.5 cm³/mol. The Balaban J connectivity index is 1.70. The molecule has 1 N–H and O–H groups in total. The lowest BCUT2D eigenvalue weighted by Crippen LogP contribution is -2.37. The maximum absolute atomic E-state index is 13.9. The van der Waals surface area contributed by atoms with Gasteiger partial charge in [-0.25, -0.2) is 14.8 Å². The van der Waals surface area contributed by atoms with Crippen LogP contribution in [0.2, 0.25) is 0 Å². The third-order valence-corrected chi connectivity index (χ3v) is 3.10. The van der Waals surface area contributed by atoms with Crippen molar-refractivity contribution in [2.45, 2.75) is 0 Å². The van der Waals surface area contributed by atoms with E-state index < -0.39 is 5.82 Å². The molecule has 8 heteroatoms. The van der Waals surface area contributed by atoms with Crippen LogP contribution in [0.25, 0.3) is 0 Å². The zero-order valence-electron chi connectivity index (χ0n) is 11.8. The van der Waals surface area contributed by atoms with Gasteiger partial charge in [-0.1, -0.05) is 6.07 Å². The summed E-state index contributed by atoms with van der Waals surface area (Å²) < 4.78 is 19.1. The number of nitrogens with zero attached hydrogens (tertiary/aromatic N) is 5. The maximum atomic E-state index is 13.9. The molecule has 1 aliphatic heterocycles. The standard InChI is InChI=1S/C14H15FN6O/c15-12-10-17-14(19-13(12)21-4-6-22-7-5-21)20-18-9-11-2-1-3-16-8-11/h1-3,8-10H,4-7H2,(H,17,19,20)/b18-9-. The van der Waals surface area contributed by atoms with Crippen LogP contribution in [0.5, 0.6) is 0 Å². The number of hydrogen-bond donors (Lipinski definition) is 1. The van der Waals surface area contributed by atoms with Crippen molar-refractivity contribution in [2.75, 3.05) is 36.6 Å². The highest BCUT2D eigenvalue weighted by Gasteiger charge is 2.17. The van der Waals surface area contributed by atoms with Gasteiger partial charge in [0.1, 0.15) is 0 Å². The SMILES string of the molecule is Fc1cnc(N/N=C\c2cccnc2)nc1N1CCOCC1. The molecular weight excluding hydrogens is 287 g/mol. The maximum Gasteiger partial charge on any atom is 0.245 e. The fourth-order valence-electron chi connectivity index (χ4n) is 2.03. The lowest BCUT2D eigenvalue weighted by molar-refractivity contribution is 0.122. The van der Waals surface area contributed by atoms with Crippen LogP contribution >= 0.6 is 0 Å². The quantitative estimate of drug-likeness (QED) is 0.677. The first-order chi connectivity index (χ1) is 10.8. The first-order valence-corrected chi connectivity index (χ1v) is 6.87. The van der Waals surface area contributed by atoms with Crippen molar-refractivity contribution >= 4 is 18.0 Å². The number of pyridine rings is 1. The Morgan fingerprint density at radius 2 is 2.18 bits per heavy atom. The van der Waals surface area contributed by atoms with Gasteiger partial charge in [0.2, 0.25) is 5.95 Å². The summed E-state index contributed by atoms with van der Waals surface area (Å²) in [7, 11) is 0. The molecule has 0 spiro atoms. The molecule has 0 amide bonds. The third kappa shape index (κ3) is 3.53. The zero-order valence-corrected chi connectivity index (χ0v) is 11.8. The van der Waals surface area contributed by atoms with Crippen LogP contribution in [0, 0.1) is 5.82 Å². The zero-order chi connectivity index (χ0) is 15.2. The van der Waals surface area contributed by atoms with E-state index in [1.807, 2.05) is 17.0 Å². The Hall–Kier alpha value is -2.61. The highest BCUT2D eigenvalue weighted by atomic mass is 19.1. The number of anilines is 2. The van der Waals surface area contributed by atoms with Crippen molar-refractivity contribution in [1.82, 2.24) is 15.0 Å². The molecule has 0 radical (unpaired) electrons. The van der Waals surface area contributed by atoms with Crippen molar-refractivity contribution in [3.05, 3.63) is 42.1 Å². The average molecular weight is 302 g/mol. The lowest BCUT2D eigenvalue weighted by atomic mass is 10.3. The normalized spacial score (nSPS) is 15.2. The van der Waals surface area contributed by atoms with Crippen molar-refractivity contribution in [2.24, 2.45) is 5.10 Å². The molecule has 0 aliphatic carbocycles. The number of nitrogens with one attached hydrogen (secondary N) is 1. The fourth-order valence-corrected chi connectivity index (χ4v) is 2.03. The van der Waals surface area contributed by atoms with Gasteiger partial charge in [-0.05, 0) is 6.07 Å². The van der Waals surface area contributed by atoms with E-state index in [4.69, 9.17) is 4.74 Å². The summed E-state index contributed by atoms with van der Waals surface area (Å²) in [5, 5.41) is 4.02. The number of hydrazone groups is 1. The van der Waals surface area contributed by atoms with Crippen molar-refractivity contribution in [3.8, 4) is 0 Å². The molecule has 2 aromatic heterocycles. The molecule has 1 saturated heterocycles. The number of morpholine rings is 1.